The van der Waals surface area contributed by atoms with Crippen molar-refractivity contribution in [2.45, 2.75) is 13.5 Å². The van der Waals surface area contributed by atoms with Crippen LogP contribution >= 0.6 is 23.2 Å². The highest BCUT2D eigenvalue weighted by Crippen LogP contribution is 2.34. The molecule has 0 fully saturated rings. The summed E-state index contributed by atoms with van der Waals surface area (Å²) in [7, 11) is -0.891. The fourth-order valence-corrected chi connectivity index (χ4v) is 2.74. The minimum Gasteiger partial charge on any atom is -0.399 e. The van der Waals surface area contributed by atoms with E-state index >= 15 is 0 Å². The highest BCUT2D eigenvalue weighted by atomic mass is 35.5. The fraction of sp³-hybridized carbons (Fsp3) is 0.364. The Labute approximate surface area is 128 Å². The first kappa shape index (κ1) is 15.2. The Kier molecular flexibility index (Phi) is 4.95. The van der Waals surface area contributed by atoms with Crippen LogP contribution in [-0.4, -0.2) is 35.9 Å². The molecular formula is C11H13Cl2N5OS. The number of nitrogens with two attached hydrogens (primary N) is 1. The molecule has 1 heterocycles. The van der Waals surface area contributed by atoms with Gasteiger partial charge in [-0.1, -0.05) is 30.1 Å². The van der Waals surface area contributed by atoms with Crippen LogP contribution in [0, 0.1) is 0 Å². The zero-order valence-electron chi connectivity index (χ0n) is 10.7. The third kappa shape index (κ3) is 3.28. The van der Waals surface area contributed by atoms with E-state index in [4.69, 9.17) is 28.9 Å². The van der Waals surface area contributed by atoms with Gasteiger partial charge in [0.15, 0.2) is 5.82 Å². The predicted octanol–water partition coefficient (Wildman–Crippen LogP) is 2.00. The Hall–Kier alpha value is -1.18. The molecule has 0 saturated heterocycles. The van der Waals surface area contributed by atoms with Gasteiger partial charge in [0.2, 0.25) is 0 Å². The van der Waals surface area contributed by atoms with Crippen LogP contribution < -0.4 is 5.73 Å². The van der Waals surface area contributed by atoms with Crippen LogP contribution in [0.25, 0.3) is 11.4 Å². The van der Waals surface area contributed by atoms with E-state index in [-0.39, 0.29) is 0 Å². The number of rotatable bonds is 5. The van der Waals surface area contributed by atoms with E-state index in [1.807, 2.05) is 6.92 Å². The van der Waals surface area contributed by atoms with Crippen LogP contribution in [0.4, 0.5) is 5.69 Å². The van der Waals surface area contributed by atoms with Gasteiger partial charge in [0.05, 0.1) is 16.6 Å². The second-order valence-electron chi connectivity index (χ2n) is 4.02. The predicted molar refractivity (Wildman–Crippen MR) is 81.2 cm³/mol. The topological polar surface area (TPSA) is 86.7 Å². The Morgan fingerprint density at radius 2 is 2.15 bits per heavy atom. The second-order valence-corrected chi connectivity index (χ2v) is 6.67. The summed E-state index contributed by atoms with van der Waals surface area (Å²) in [4.78, 5) is 0. The van der Waals surface area contributed by atoms with Gasteiger partial charge in [0, 0.05) is 33.6 Å². The lowest BCUT2D eigenvalue weighted by Crippen LogP contribution is -2.11. The van der Waals surface area contributed by atoms with Gasteiger partial charge in [0.25, 0.3) is 0 Å². The third-order valence-corrected chi connectivity index (χ3v) is 4.76. The average Bonchev–Trinajstić information content (AvgIpc) is 2.88. The monoisotopic (exact) mass is 333 g/mol. The molecule has 2 aromatic rings. The normalized spacial score (nSPS) is 12.6. The first-order valence-corrected chi connectivity index (χ1v) is 8.13. The summed E-state index contributed by atoms with van der Waals surface area (Å²) in [6.07, 6.45) is 0. The third-order valence-electron chi connectivity index (χ3n) is 2.68. The molecule has 2 rings (SSSR count). The van der Waals surface area contributed by atoms with Crippen molar-refractivity contribution in [3.63, 3.8) is 0 Å². The molecule has 9 heteroatoms. The van der Waals surface area contributed by atoms with Crippen molar-refractivity contribution in [2.24, 2.45) is 0 Å². The number of nitrogens with zero attached hydrogens (tertiary/aromatic N) is 4. The Morgan fingerprint density at radius 3 is 2.85 bits per heavy atom. The summed E-state index contributed by atoms with van der Waals surface area (Å²) in [6.45, 7) is 2.30. The average molecular weight is 334 g/mol. The summed E-state index contributed by atoms with van der Waals surface area (Å²) in [5.41, 5.74) is 6.79. The van der Waals surface area contributed by atoms with Crippen LogP contribution in [0.3, 0.4) is 0 Å². The van der Waals surface area contributed by atoms with Crippen molar-refractivity contribution >= 4 is 39.7 Å². The number of benzene rings is 1. The van der Waals surface area contributed by atoms with Crippen LogP contribution in [0.5, 0.6) is 0 Å². The first-order chi connectivity index (χ1) is 9.52. The van der Waals surface area contributed by atoms with Gasteiger partial charge in [-0.2, -0.15) is 0 Å². The van der Waals surface area contributed by atoms with Gasteiger partial charge in [-0.05, 0) is 22.6 Å². The molecule has 1 aromatic heterocycles. The Balaban J connectivity index is 2.35. The highest BCUT2D eigenvalue weighted by molar-refractivity contribution is 7.84. The molecular weight excluding hydrogens is 321 g/mol. The van der Waals surface area contributed by atoms with E-state index in [0.717, 1.165) is 0 Å². The molecule has 1 unspecified atom stereocenters. The van der Waals surface area contributed by atoms with Crippen molar-refractivity contribution in [1.29, 1.82) is 0 Å². The van der Waals surface area contributed by atoms with Crippen LogP contribution in [0.15, 0.2) is 12.1 Å². The number of nitrogen functional groups attached to an aromatic ring is 1. The van der Waals surface area contributed by atoms with Crippen LogP contribution in [0.1, 0.15) is 6.92 Å². The Bertz CT molecular complexity index is 646. The van der Waals surface area contributed by atoms with E-state index in [9.17, 15) is 4.21 Å². The smallest absolute Gasteiger partial charge is 0.183 e. The van der Waals surface area contributed by atoms with E-state index in [2.05, 4.69) is 15.5 Å². The number of anilines is 1. The number of hydrogen-bond donors (Lipinski definition) is 1. The number of aromatic nitrogens is 4. The standard InChI is InChI=1S/C11H13Cl2N5OS/c1-2-20(19)4-3-18-11(15-16-17-18)8-5-7(14)6-9(12)10(8)13/h5-6H,2-4,14H2,1H3. The SMILES string of the molecule is CCS(=O)CCn1nnnc1-c1cc(N)cc(Cl)c1Cl. The molecule has 0 aliphatic heterocycles. The summed E-state index contributed by atoms with van der Waals surface area (Å²) >= 11 is 12.2. The van der Waals surface area contributed by atoms with Crippen molar-refractivity contribution in [1.82, 2.24) is 20.2 Å². The first-order valence-electron chi connectivity index (χ1n) is 5.89. The summed E-state index contributed by atoms with van der Waals surface area (Å²) in [6, 6.07) is 3.22. The van der Waals surface area contributed by atoms with E-state index in [0.29, 0.717) is 45.2 Å². The van der Waals surface area contributed by atoms with E-state index in [1.54, 1.807) is 16.8 Å². The van der Waals surface area contributed by atoms with Gasteiger partial charge in [-0.25, -0.2) is 4.68 Å². The zero-order chi connectivity index (χ0) is 14.7. The van der Waals surface area contributed by atoms with Crippen molar-refractivity contribution in [2.75, 3.05) is 17.2 Å². The largest absolute Gasteiger partial charge is 0.399 e. The second kappa shape index (κ2) is 6.51. The molecule has 0 aliphatic rings. The summed E-state index contributed by atoms with van der Waals surface area (Å²) in [5, 5.41) is 12.1. The lowest BCUT2D eigenvalue weighted by atomic mass is 10.2. The van der Waals surface area contributed by atoms with E-state index in [1.165, 1.54) is 0 Å². The number of tetrazole rings is 1. The fourth-order valence-electron chi connectivity index (χ4n) is 1.65. The van der Waals surface area contributed by atoms with Gasteiger partial charge < -0.3 is 5.73 Å². The molecule has 1 atom stereocenters. The molecule has 0 amide bonds. The molecule has 1 aromatic carbocycles. The minimum absolute atomic E-state index is 0.341. The molecule has 0 spiro atoms. The summed E-state index contributed by atoms with van der Waals surface area (Å²) < 4.78 is 13.0. The lowest BCUT2D eigenvalue weighted by molar-refractivity contribution is 0.624. The van der Waals surface area contributed by atoms with Gasteiger partial charge in [-0.15, -0.1) is 5.10 Å². The van der Waals surface area contributed by atoms with Crippen molar-refractivity contribution in [3.05, 3.63) is 22.2 Å². The molecule has 6 nitrogen and oxygen atoms in total. The summed E-state index contributed by atoms with van der Waals surface area (Å²) in [5.74, 6) is 1.53. The maximum atomic E-state index is 11.5. The molecule has 0 bridgehead atoms. The number of halogens is 2. The molecule has 0 aliphatic carbocycles. The van der Waals surface area contributed by atoms with Crippen molar-refractivity contribution in [3.8, 4) is 11.4 Å². The molecule has 20 heavy (non-hydrogen) atoms. The maximum absolute atomic E-state index is 11.5. The maximum Gasteiger partial charge on any atom is 0.183 e. The molecule has 0 saturated carbocycles. The zero-order valence-corrected chi connectivity index (χ0v) is 13.0. The quantitative estimate of drug-likeness (QED) is 0.845. The number of aryl methyl sites for hydroxylation is 1. The highest BCUT2D eigenvalue weighted by Gasteiger charge is 2.16. The van der Waals surface area contributed by atoms with Crippen LogP contribution in [-0.2, 0) is 17.3 Å². The van der Waals surface area contributed by atoms with Gasteiger partial charge in [-0.3, -0.25) is 4.21 Å². The molecule has 108 valence electrons. The molecule has 0 radical (unpaired) electrons. The van der Waals surface area contributed by atoms with Gasteiger partial charge in [0.1, 0.15) is 0 Å². The lowest BCUT2D eigenvalue weighted by Gasteiger charge is -2.08. The molecule has 2 N–H and O–H groups in total. The Morgan fingerprint density at radius 1 is 1.40 bits per heavy atom. The number of hydrogen-bond acceptors (Lipinski definition) is 5. The van der Waals surface area contributed by atoms with E-state index < -0.39 is 10.8 Å². The van der Waals surface area contributed by atoms with Crippen molar-refractivity contribution < 1.29 is 4.21 Å². The van der Waals surface area contributed by atoms with Crippen LogP contribution in [0.2, 0.25) is 10.0 Å². The van der Waals surface area contributed by atoms with Gasteiger partial charge >= 0.3 is 0 Å². The minimum atomic E-state index is -0.891.